The van der Waals surface area contributed by atoms with Gasteiger partial charge in [0.25, 0.3) is 0 Å². The minimum absolute atomic E-state index is 0.0123. The molecule has 2 bridgehead atoms. The summed E-state index contributed by atoms with van der Waals surface area (Å²) >= 11 is 0. The molecule has 2 aliphatic rings. The zero-order valence-electron chi connectivity index (χ0n) is 16.8. The molecule has 0 saturated carbocycles. The monoisotopic (exact) mass is 373 g/mol. The second-order valence-electron chi connectivity index (χ2n) is 8.89. The summed E-state index contributed by atoms with van der Waals surface area (Å²) < 4.78 is 11.4. The second kappa shape index (κ2) is 8.01. The third-order valence-corrected chi connectivity index (χ3v) is 5.82. The molecule has 27 heavy (non-hydrogen) atoms. The average Bonchev–Trinajstić information content (AvgIpc) is 2.82. The SMILES string of the molecule is CN1[C@@H]2CC[C@H]1CC(OC(=O)C(COC(=O)C(C)(C)C)c1ccccc1)C2. The number of ether oxygens (including phenoxy) is 2. The topological polar surface area (TPSA) is 55.8 Å². The van der Waals surface area contributed by atoms with Crippen LogP contribution in [-0.4, -0.2) is 48.7 Å². The Kier molecular flexibility index (Phi) is 5.89. The maximum absolute atomic E-state index is 13.0. The second-order valence-corrected chi connectivity index (χ2v) is 8.89. The number of carbonyl (C=O) groups excluding carboxylic acids is 2. The molecule has 2 unspecified atom stereocenters. The Labute approximate surface area is 162 Å². The lowest BCUT2D eigenvalue weighted by molar-refractivity contribution is -0.160. The first kappa shape index (κ1) is 19.9. The highest BCUT2D eigenvalue weighted by Gasteiger charge is 2.40. The summed E-state index contributed by atoms with van der Waals surface area (Å²) in [5.74, 6) is -1.19. The van der Waals surface area contributed by atoms with E-state index in [9.17, 15) is 9.59 Å². The zero-order valence-corrected chi connectivity index (χ0v) is 16.8. The molecule has 0 N–H and O–H groups in total. The molecule has 0 aromatic heterocycles. The van der Waals surface area contributed by atoms with Crippen LogP contribution in [0.2, 0.25) is 0 Å². The third kappa shape index (κ3) is 4.70. The van der Waals surface area contributed by atoms with Gasteiger partial charge in [0.15, 0.2) is 0 Å². The van der Waals surface area contributed by atoms with Crippen LogP contribution >= 0.6 is 0 Å². The van der Waals surface area contributed by atoms with Crippen LogP contribution in [0, 0.1) is 5.41 Å². The van der Waals surface area contributed by atoms with Crippen molar-refractivity contribution >= 4 is 11.9 Å². The maximum Gasteiger partial charge on any atom is 0.317 e. The Balaban J connectivity index is 1.67. The first-order valence-corrected chi connectivity index (χ1v) is 9.90. The van der Waals surface area contributed by atoms with Gasteiger partial charge in [-0.05, 0) is 59.1 Å². The minimum Gasteiger partial charge on any atom is -0.464 e. The fourth-order valence-corrected chi connectivity index (χ4v) is 4.07. The number of fused-ring (bicyclic) bond motifs is 2. The van der Waals surface area contributed by atoms with Crippen molar-refractivity contribution in [1.82, 2.24) is 4.90 Å². The van der Waals surface area contributed by atoms with Gasteiger partial charge in [-0.3, -0.25) is 9.59 Å². The maximum atomic E-state index is 13.0. The van der Waals surface area contributed by atoms with E-state index in [0.29, 0.717) is 12.1 Å². The number of hydrogen-bond acceptors (Lipinski definition) is 5. The highest BCUT2D eigenvalue weighted by atomic mass is 16.6. The van der Waals surface area contributed by atoms with Gasteiger partial charge >= 0.3 is 11.9 Å². The molecule has 2 aliphatic heterocycles. The standard InChI is InChI=1S/C22H31NO4/c1-22(2,3)21(25)26-14-19(15-8-6-5-7-9-15)20(24)27-18-12-16-10-11-17(13-18)23(16)4/h5-9,16-19H,10-14H2,1-4H3/t16-,17+,18?,19?. The molecule has 148 valence electrons. The van der Waals surface area contributed by atoms with E-state index in [1.807, 2.05) is 30.3 Å². The summed E-state index contributed by atoms with van der Waals surface area (Å²) in [7, 11) is 2.17. The summed E-state index contributed by atoms with van der Waals surface area (Å²) in [6.45, 7) is 5.43. The number of esters is 2. The molecule has 0 radical (unpaired) electrons. The van der Waals surface area contributed by atoms with Gasteiger partial charge in [0.05, 0.1) is 5.41 Å². The molecule has 3 rings (SSSR count). The number of piperidine rings is 1. The van der Waals surface area contributed by atoms with E-state index in [1.54, 1.807) is 20.8 Å². The van der Waals surface area contributed by atoms with Crippen LogP contribution in [0.4, 0.5) is 0 Å². The van der Waals surface area contributed by atoms with Crippen LogP contribution in [0.25, 0.3) is 0 Å². The lowest BCUT2D eigenvalue weighted by Crippen LogP contribution is -2.44. The van der Waals surface area contributed by atoms with Gasteiger partial charge in [-0.1, -0.05) is 30.3 Å². The molecule has 4 atom stereocenters. The highest BCUT2D eigenvalue weighted by molar-refractivity contribution is 5.80. The summed E-state index contributed by atoms with van der Waals surface area (Å²) in [6.07, 6.45) is 4.10. The number of nitrogens with zero attached hydrogens (tertiary/aromatic N) is 1. The summed E-state index contributed by atoms with van der Waals surface area (Å²) in [4.78, 5) is 27.5. The number of hydrogen-bond donors (Lipinski definition) is 0. The van der Waals surface area contributed by atoms with Crippen molar-refractivity contribution in [2.45, 2.75) is 70.6 Å². The Morgan fingerprint density at radius 2 is 1.70 bits per heavy atom. The lowest BCUT2D eigenvalue weighted by Gasteiger charge is -2.36. The van der Waals surface area contributed by atoms with Crippen molar-refractivity contribution in [1.29, 1.82) is 0 Å². The molecule has 0 amide bonds. The number of rotatable bonds is 5. The van der Waals surface area contributed by atoms with E-state index >= 15 is 0 Å². The van der Waals surface area contributed by atoms with Gasteiger partial charge in [0.2, 0.25) is 0 Å². The number of carbonyl (C=O) groups is 2. The molecule has 0 aliphatic carbocycles. The Morgan fingerprint density at radius 3 is 2.26 bits per heavy atom. The first-order chi connectivity index (χ1) is 12.8. The molecule has 5 heteroatoms. The van der Waals surface area contributed by atoms with Crippen LogP contribution in [0.5, 0.6) is 0 Å². The molecular formula is C22H31NO4. The van der Waals surface area contributed by atoms with Gasteiger partial charge in [-0.2, -0.15) is 0 Å². The van der Waals surface area contributed by atoms with Gasteiger partial charge < -0.3 is 14.4 Å². The van der Waals surface area contributed by atoms with E-state index in [-0.39, 0.29) is 24.6 Å². The van der Waals surface area contributed by atoms with Gasteiger partial charge in [0.1, 0.15) is 18.6 Å². The van der Waals surface area contributed by atoms with Crippen molar-refractivity contribution in [2.24, 2.45) is 5.41 Å². The van der Waals surface area contributed by atoms with Crippen molar-refractivity contribution in [3.63, 3.8) is 0 Å². The first-order valence-electron chi connectivity index (χ1n) is 9.90. The van der Waals surface area contributed by atoms with Crippen LogP contribution < -0.4 is 0 Å². The van der Waals surface area contributed by atoms with Gasteiger partial charge in [-0.15, -0.1) is 0 Å². The zero-order chi connectivity index (χ0) is 19.6. The molecular weight excluding hydrogens is 342 g/mol. The fourth-order valence-electron chi connectivity index (χ4n) is 4.07. The smallest absolute Gasteiger partial charge is 0.317 e. The molecule has 5 nitrogen and oxygen atoms in total. The van der Waals surface area contributed by atoms with Crippen LogP contribution in [-0.2, 0) is 19.1 Å². The van der Waals surface area contributed by atoms with E-state index in [2.05, 4.69) is 11.9 Å². The van der Waals surface area contributed by atoms with Crippen molar-refractivity contribution in [3.05, 3.63) is 35.9 Å². The third-order valence-electron chi connectivity index (χ3n) is 5.82. The molecule has 1 aromatic carbocycles. The molecule has 2 saturated heterocycles. The van der Waals surface area contributed by atoms with Gasteiger partial charge in [0, 0.05) is 12.1 Å². The average molecular weight is 373 g/mol. The number of benzene rings is 1. The Hall–Kier alpha value is -1.88. The van der Waals surface area contributed by atoms with Crippen molar-refractivity contribution in [3.8, 4) is 0 Å². The van der Waals surface area contributed by atoms with Crippen LogP contribution in [0.15, 0.2) is 30.3 Å². The molecule has 1 aromatic rings. The van der Waals surface area contributed by atoms with E-state index in [0.717, 1.165) is 18.4 Å². The van der Waals surface area contributed by atoms with E-state index in [1.165, 1.54) is 12.8 Å². The molecule has 0 spiro atoms. The van der Waals surface area contributed by atoms with Gasteiger partial charge in [-0.25, -0.2) is 0 Å². The van der Waals surface area contributed by atoms with Crippen molar-refractivity contribution < 1.29 is 19.1 Å². The highest BCUT2D eigenvalue weighted by Crippen LogP contribution is 2.36. The lowest BCUT2D eigenvalue weighted by atomic mass is 9.96. The summed E-state index contributed by atoms with van der Waals surface area (Å²) in [5.41, 5.74) is 0.221. The van der Waals surface area contributed by atoms with E-state index in [4.69, 9.17) is 9.47 Å². The van der Waals surface area contributed by atoms with E-state index < -0.39 is 11.3 Å². The Morgan fingerprint density at radius 1 is 1.11 bits per heavy atom. The van der Waals surface area contributed by atoms with Crippen molar-refractivity contribution in [2.75, 3.05) is 13.7 Å². The molecule has 2 heterocycles. The van der Waals surface area contributed by atoms with Crippen LogP contribution in [0.1, 0.15) is 57.9 Å². The fraction of sp³-hybridized carbons (Fsp3) is 0.636. The summed E-state index contributed by atoms with van der Waals surface area (Å²) in [6, 6.07) is 10.5. The quantitative estimate of drug-likeness (QED) is 0.739. The predicted molar refractivity (Wildman–Crippen MR) is 103 cm³/mol. The minimum atomic E-state index is -0.599. The predicted octanol–water partition coefficient (Wildman–Crippen LogP) is 3.53. The van der Waals surface area contributed by atoms with Crippen LogP contribution in [0.3, 0.4) is 0 Å². The Bertz CT molecular complexity index is 653. The molecule has 2 fully saturated rings. The largest absolute Gasteiger partial charge is 0.464 e. The summed E-state index contributed by atoms with van der Waals surface area (Å²) in [5, 5.41) is 0. The normalized spacial score (nSPS) is 26.4.